The van der Waals surface area contributed by atoms with E-state index in [1.165, 1.54) is 0 Å². The standard InChI is InChI=1S/C14H26N2O4/c1-2-8-16(9-10-17)13(20)15-14(11-12(18)19)6-4-3-5-7-14/h17H,2-11H2,1H3,(H,15,20)(H,18,19). The van der Waals surface area contributed by atoms with Gasteiger partial charge in [0.05, 0.1) is 18.6 Å². The Kier molecular flexibility index (Phi) is 6.78. The summed E-state index contributed by atoms with van der Waals surface area (Å²) in [6.45, 7) is 2.73. The van der Waals surface area contributed by atoms with Crippen LogP contribution in [0.3, 0.4) is 0 Å². The van der Waals surface area contributed by atoms with E-state index >= 15 is 0 Å². The van der Waals surface area contributed by atoms with Crippen LogP contribution in [0, 0.1) is 0 Å². The van der Waals surface area contributed by atoms with E-state index in [1.807, 2.05) is 6.92 Å². The zero-order valence-corrected chi connectivity index (χ0v) is 12.2. The highest BCUT2D eigenvalue weighted by Crippen LogP contribution is 2.31. The Morgan fingerprint density at radius 3 is 2.35 bits per heavy atom. The van der Waals surface area contributed by atoms with Crippen molar-refractivity contribution < 1.29 is 19.8 Å². The second-order valence-corrected chi connectivity index (χ2v) is 5.55. The number of aliphatic carboxylic acids is 1. The van der Waals surface area contributed by atoms with E-state index in [9.17, 15) is 9.59 Å². The molecule has 0 aromatic rings. The lowest BCUT2D eigenvalue weighted by Crippen LogP contribution is -2.55. The fourth-order valence-corrected chi connectivity index (χ4v) is 2.88. The van der Waals surface area contributed by atoms with Crippen molar-refractivity contribution in [3.05, 3.63) is 0 Å². The summed E-state index contributed by atoms with van der Waals surface area (Å²) >= 11 is 0. The lowest BCUT2D eigenvalue weighted by Gasteiger charge is -2.38. The van der Waals surface area contributed by atoms with Gasteiger partial charge in [0.1, 0.15) is 0 Å². The summed E-state index contributed by atoms with van der Waals surface area (Å²) in [5.41, 5.74) is -0.622. The summed E-state index contributed by atoms with van der Waals surface area (Å²) in [5.74, 6) is -0.878. The van der Waals surface area contributed by atoms with Gasteiger partial charge in [0.15, 0.2) is 0 Å². The molecule has 116 valence electrons. The maximum Gasteiger partial charge on any atom is 0.317 e. The van der Waals surface area contributed by atoms with E-state index in [0.29, 0.717) is 19.4 Å². The van der Waals surface area contributed by atoms with Crippen LogP contribution in [-0.2, 0) is 4.79 Å². The Bertz CT molecular complexity index is 321. The molecule has 1 aliphatic carbocycles. The van der Waals surface area contributed by atoms with Gasteiger partial charge in [-0.3, -0.25) is 4.79 Å². The number of carbonyl (C=O) groups is 2. The van der Waals surface area contributed by atoms with E-state index in [2.05, 4.69) is 5.32 Å². The monoisotopic (exact) mass is 286 g/mol. The third kappa shape index (κ3) is 5.00. The molecule has 2 amide bonds. The molecule has 0 atom stereocenters. The van der Waals surface area contributed by atoms with Crippen LogP contribution in [0.1, 0.15) is 51.9 Å². The van der Waals surface area contributed by atoms with Crippen LogP contribution in [0.2, 0.25) is 0 Å². The molecular weight excluding hydrogens is 260 g/mol. The van der Waals surface area contributed by atoms with Crippen LogP contribution in [0.15, 0.2) is 0 Å². The summed E-state index contributed by atoms with van der Waals surface area (Å²) in [6.07, 6.45) is 5.18. The zero-order chi connectivity index (χ0) is 15.0. The molecule has 0 unspecified atom stereocenters. The van der Waals surface area contributed by atoms with Crippen molar-refractivity contribution in [2.24, 2.45) is 0 Å². The fraction of sp³-hybridized carbons (Fsp3) is 0.857. The van der Waals surface area contributed by atoms with Gasteiger partial charge in [-0.15, -0.1) is 0 Å². The highest BCUT2D eigenvalue weighted by atomic mass is 16.4. The molecule has 6 nitrogen and oxygen atoms in total. The van der Waals surface area contributed by atoms with Crippen LogP contribution >= 0.6 is 0 Å². The molecule has 1 saturated carbocycles. The van der Waals surface area contributed by atoms with Crippen molar-refractivity contribution in [1.82, 2.24) is 10.2 Å². The van der Waals surface area contributed by atoms with E-state index in [0.717, 1.165) is 25.7 Å². The number of nitrogens with zero attached hydrogens (tertiary/aromatic N) is 1. The van der Waals surface area contributed by atoms with Gasteiger partial charge in [-0.05, 0) is 19.3 Å². The lowest BCUT2D eigenvalue weighted by atomic mass is 9.79. The second-order valence-electron chi connectivity index (χ2n) is 5.55. The minimum absolute atomic E-state index is 0.0299. The lowest BCUT2D eigenvalue weighted by molar-refractivity contribution is -0.139. The predicted molar refractivity (Wildman–Crippen MR) is 75.6 cm³/mol. The Morgan fingerprint density at radius 1 is 1.20 bits per heavy atom. The summed E-state index contributed by atoms with van der Waals surface area (Å²) in [6, 6.07) is -0.260. The average Bonchev–Trinajstić information content (AvgIpc) is 2.38. The molecule has 20 heavy (non-hydrogen) atoms. The predicted octanol–water partition coefficient (Wildman–Crippen LogP) is 1.58. The van der Waals surface area contributed by atoms with Crippen molar-refractivity contribution in [3.8, 4) is 0 Å². The molecule has 0 aromatic carbocycles. The number of rotatable bonds is 7. The van der Waals surface area contributed by atoms with Gasteiger partial charge < -0.3 is 20.4 Å². The van der Waals surface area contributed by atoms with Gasteiger partial charge in [0, 0.05) is 13.1 Å². The zero-order valence-electron chi connectivity index (χ0n) is 12.2. The molecule has 0 spiro atoms. The maximum atomic E-state index is 12.3. The number of nitrogens with one attached hydrogen (secondary N) is 1. The molecule has 0 saturated heterocycles. The molecule has 0 heterocycles. The average molecular weight is 286 g/mol. The van der Waals surface area contributed by atoms with Crippen molar-refractivity contribution in [1.29, 1.82) is 0 Å². The van der Waals surface area contributed by atoms with Gasteiger partial charge in [-0.1, -0.05) is 26.2 Å². The second kappa shape index (κ2) is 8.09. The molecule has 0 aliphatic heterocycles. The molecule has 1 aliphatic rings. The van der Waals surface area contributed by atoms with Crippen molar-refractivity contribution in [2.75, 3.05) is 19.7 Å². The van der Waals surface area contributed by atoms with Crippen LogP contribution < -0.4 is 5.32 Å². The van der Waals surface area contributed by atoms with Crippen molar-refractivity contribution >= 4 is 12.0 Å². The molecular formula is C14H26N2O4. The Balaban J connectivity index is 2.71. The first kappa shape index (κ1) is 16.8. The van der Waals surface area contributed by atoms with Gasteiger partial charge >= 0.3 is 12.0 Å². The van der Waals surface area contributed by atoms with Crippen molar-refractivity contribution in [2.45, 2.75) is 57.4 Å². The van der Waals surface area contributed by atoms with Crippen LogP contribution in [0.4, 0.5) is 4.79 Å². The number of hydrogen-bond acceptors (Lipinski definition) is 3. The molecule has 1 fully saturated rings. The van der Waals surface area contributed by atoms with Gasteiger partial charge in [-0.2, -0.15) is 0 Å². The van der Waals surface area contributed by atoms with E-state index in [1.54, 1.807) is 4.90 Å². The van der Waals surface area contributed by atoms with Gasteiger partial charge in [-0.25, -0.2) is 4.79 Å². The summed E-state index contributed by atoms with van der Waals surface area (Å²) in [5, 5.41) is 21.0. The number of amides is 2. The van der Waals surface area contributed by atoms with Crippen LogP contribution in [-0.4, -0.2) is 52.3 Å². The number of carbonyl (C=O) groups excluding carboxylic acids is 1. The fourth-order valence-electron chi connectivity index (χ4n) is 2.88. The highest BCUT2D eigenvalue weighted by Gasteiger charge is 2.36. The minimum Gasteiger partial charge on any atom is -0.481 e. The minimum atomic E-state index is -0.878. The quantitative estimate of drug-likeness (QED) is 0.663. The van der Waals surface area contributed by atoms with Crippen molar-refractivity contribution in [3.63, 3.8) is 0 Å². The Hall–Kier alpha value is -1.30. The first-order valence-electron chi connectivity index (χ1n) is 7.43. The summed E-state index contributed by atoms with van der Waals surface area (Å²) in [4.78, 5) is 24.9. The summed E-state index contributed by atoms with van der Waals surface area (Å²) < 4.78 is 0. The number of carboxylic acid groups (broad SMARTS) is 1. The molecule has 0 radical (unpaired) electrons. The molecule has 6 heteroatoms. The van der Waals surface area contributed by atoms with E-state index < -0.39 is 11.5 Å². The molecule has 1 rings (SSSR count). The van der Waals surface area contributed by atoms with Gasteiger partial charge in [0.25, 0.3) is 0 Å². The summed E-state index contributed by atoms with van der Waals surface area (Å²) in [7, 11) is 0. The Morgan fingerprint density at radius 2 is 1.85 bits per heavy atom. The van der Waals surface area contributed by atoms with E-state index in [4.69, 9.17) is 10.2 Å². The van der Waals surface area contributed by atoms with Gasteiger partial charge in [0.2, 0.25) is 0 Å². The number of aliphatic hydroxyl groups excluding tert-OH is 1. The number of aliphatic hydroxyl groups is 1. The number of hydrogen-bond donors (Lipinski definition) is 3. The molecule has 0 bridgehead atoms. The SMILES string of the molecule is CCCN(CCO)C(=O)NC1(CC(=O)O)CCCCC1. The van der Waals surface area contributed by atoms with Crippen LogP contribution in [0.5, 0.6) is 0 Å². The number of carboxylic acids is 1. The first-order valence-corrected chi connectivity index (χ1v) is 7.43. The molecule has 0 aromatic heterocycles. The third-order valence-corrected chi connectivity index (χ3v) is 3.82. The maximum absolute atomic E-state index is 12.3. The Labute approximate surface area is 120 Å². The third-order valence-electron chi connectivity index (χ3n) is 3.82. The largest absolute Gasteiger partial charge is 0.481 e. The smallest absolute Gasteiger partial charge is 0.317 e. The molecule has 3 N–H and O–H groups in total. The van der Waals surface area contributed by atoms with E-state index in [-0.39, 0.29) is 25.6 Å². The van der Waals surface area contributed by atoms with Crippen LogP contribution in [0.25, 0.3) is 0 Å². The highest BCUT2D eigenvalue weighted by molar-refractivity contribution is 5.77. The topological polar surface area (TPSA) is 89.9 Å². The normalized spacial score (nSPS) is 17.5. The first-order chi connectivity index (χ1) is 9.53. The number of urea groups is 1.